The van der Waals surface area contributed by atoms with Crippen LogP contribution in [0.25, 0.3) is 0 Å². The molecule has 1 aromatic heterocycles. The molecule has 1 atom stereocenters. The van der Waals surface area contributed by atoms with Crippen LogP contribution < -0.4 is 5.43 Å². The Morgan fingerprint density at radius 2 is 1.62 bits per heavy atom. The van der Waals surface area contributed by atoms with Gasteiger partial charge in [0.2, 0.25) is 5.43 Å². The fourth-order valence-corrected chi connectivity index (χ4v) is 2.65. The van der Waals surface area contributed by atoms with Gasteiger partial charge in [0.15, 0.2) is 12.0 Å². The lowest BCUT2D eigenvalue weighted by atomic mass is 10.1. The van der Waals surface area contributed by atoms with Crippen molar-refractivity contribution in [3.05, 3.63) is 64.8 Å². The summed E-state index contributed by atoms with van der Waals surface area (Å²) in [4.78, 5) is 11.3. The Bertz CT molecular complexity index is 672. The predicted octanol–water partition coefficient (Wildman–Crippen LogP) is 5.77. The molecule has 1 unspecified atom stereocenters. The van der Waals surface area contributed by atoms with Crippen molar-refractivity contribution in [2.75, 3.05) is 0 Å². The molecule has 1 rings (SSSR count). The second kappa shape index (κ2) is 16.8. The van der Waals surface area contributed by atoms with E-state index < -0.39 is 17.5 Å². The SMILES string of the molecule is CCCCCC=CCC=CCC=CCCCCC(O)OCc1cc(=O)c(O)co1. The van der Waals surface area contributed by atoms with E-state index in [4.69, 9.17) is 14.3 Å². The number of unbranched alkanes of at least 4 members (excludes halogenated alkanes) is 5. The van der Waals surface area contributed by atoms with Crippen molar-refractivity contribution in [2.24, 2.45) is 0 Å². The van der Waals surface area contributed by atoms with Gasteiger partial charge in [-0.05, 0) is 51.4 Å². The fourth-order valence-electron chi connectivity index (χ4n) is 2.65. The van der Waals surface area contributed by atoms with Gasteiger partial charge in [0.05, 0.1) is 0 Å². The molecule has 0 aliphatic rings. The van der Waals surface area contributed by atoms with Gasteiger partial charge in [-0.1, -0.05) is 56.2 Å². The third-order valence-corrected chi connectivity index (χ3v) is 4.37. The lowest BCUT2D eigenvalue weighted by Crippen LogP contribution is -2.12. The molecule has 1 aromatic rings. The van der Waals surface area contributed by atoms with Crippen LogP contribution in [0.2, 0.25) is 0 Å². The standard InChI is InChI=1S/C24H36O5/c1-2-3-4-5-6-7-8-9-10-11-12-13-14-15-16-17-24(27)29-19-21-18-22(25)23(26)20-28-21/h6-7,9-10,12-13,18,20,24,26-27H,2-5,8,11,14-17,19H2,1H3. The fraction of sp³-hybridized carbons (Fsp3) is 0.542. The molecule has 0 aliphatic carbocycles. The molecule has 162 valence electrons. The zero-order valence-electron chi connectivity index (χ0n) is 17.6. The molecule has 5 nitrogen and oxygen atoms in total. The highest BCUT2D eigenvalue weighted by Crippen LogP contribution is 2.10. The van der Waals surface area contributed by atoms with Crippen molar-refractivity contribution in [3.8, 4) is 5.75 Å². The summed E-state index contributed by atoms with van der Waals surface area (Å²) in [6, 6.07) is 1.16. The van der Waals surface area contributed by atoms with E-state index in [1.54, 1.807) is 0 Å². The zero-order valence-corrected chi connectivity index (χ0v) is 17.6. The van der Waals surface area contributed by atoms with E-state index in [2.05, 4.69) is 43.4 Å². The number of ether oxygens (including phenoxy) is 1. The first-order valence-electron chi connectivity index (χ1n) is 10.7. The largest absolute Gasteiger partial charge is 0.502 e. The summed E-state index contributed by atoms with van der Waals surface area (Å²) in [5, 5.41) is 18.9. The highest BCUT2D eigenvalue weighted by atomic mass is 16.6. The number of allylic oxidation sites excluding steroid dienone is 6. The maximum absolute atomic E-state index is 11.3. The molecule has 0 spiro atoms. The molecule has 29 heavy (non-hydrogen) atoms. The topological polar surface area (TPSA) is 79.9 Å². The summed E-state index contributed by atoms with van der Waals surface area (Å²) >= 11 is 0. The first kappa shape index (κ1) is 24.9. The molecule has 2 N–H and O–H groups in total. The molecule has 0 amide bonds. The molecular weight excluding hydrogens is 368 g/mol. The Morgan fingerprint density at radius 3 is 2.24 bits per heavy atom. The van der Waals surface area contributed by atoms with E-state index in [-0.39, 0.29) is 12.4 Å². The smallest absolute Gasteiger partial charge is 0.226 e. The highest BCUT2D eigenvalue weighted by Gasteiger charge is 2.07. The summed E-state index contributed by atoms with van der Waals surface area (Å²) in [7, 11) is 0. The summed E-state index contributed by atoms with van der Waals surface area (Å²) in [5.41, 5.74) is -0.523. The van der Waals surface area contributed by atoms with Crippen LogP contribution >= 0.6 is 0 Å². The van der Waals surface area contributed by atoms with Crippen molar-refractivity contribution in [1.29, 1.82) is 0 Å². The number of hydrogen-bond acceptors (Lipinski definition) is 5. The van der Waals surface area contributed by atoms with E-state index in [1.165, 1.54) is 25.7 Å². The summed E-state index contributed by atoms with van der Waals surface area (Å²) in [6.45, 7) is 2.22. The van der Waals surface area contributed by atoms with Crippen molar-refractivity contribution in [2.45, 2.75) is 84.0 Å². The molecular formula is C24H36O5. The van der Waals surface area contributed by atoms with Crippen LogP contribution in [0.15, 0.2) is 58.0 Å². The molecule has 0 saturated heterocycles. The Labute approximate surface area is 174 Å². The van der Waals surface area contributed by atoms with Gasteiger partial charge in [-0.25, -0.2) is 0 Å². The van der Waals surface area contributed by atoms with Gasteiger partial charge in [-0.3, -0.25) is 4.79 Å². The first-order valence-corrected chi connectivity index (χ1v) is 10.7. The second-order valence-electron chi connectivity index (χ2n) is 7.03. The lowest BCUT2D eigenvalue weighted by molar-refractivity contribution is -0.116. The highest BCUT2D eigenvalue weighted by molar-refractivity contribution is 5.15. The van der Waals surface area contributed by atoms with Gasteiger partial charge in [0.25, 0.3) is 0 Å². The van der Waals surface area contributed by atoms with E-state index in [1.807, 2.05) is 0 Å². The third-order valence-electron chi connectivity index (χ3n) is 4.37. The molecule has 0 fully saturated rings. The van der Waals surface area contributed by atoms with Crippen LogP contribution in [-0.2, 0) is 11.3 Å². The molecule has 1 heterocycles. The number of rotatable bonds is 16. The quantitative estimate of drug-likeness (QED) is 0.208. The average molecular weight is 405 g/mol. The van der Waals surface area contributed by atoms with Crippen LogP contribution in [0.3, 0.4) is 0 Å². The van der Waals surface area contributed by atoms with Crippen LogP contribution in [0.5, 0.6) is 5.75 Å². The van der Waals surface area contributed by atoms with Crippen LogP contribution in [0, 0.1) is 0 Å². The molecule has 0 radical (unpaired) electrons. The Hall–Kier alpha value is -2.11. The maximum Gasteiger partial charge on any atom is 0.226 e. The Morgan fingerprint density at radius 1 is 1.00 bits per heavy atom. The molecule has 0 saturated carbocycles. The molecule has 0 aliphatic heterocycles. The molecule has 0 aromatic carbocycles. The van der Waals surface area contributed by atoms with Gasteiger partial charge in [-0.2, -0.15) is 0 Å². The number of aliphatic hydroxyl groups excluding tert-OH is 1. The van der Waals surface area contributed by atoms with Crippen molar-refractivity contribution in [3.63, 3.8) is 0 Å². The second-order valence-corrected chi connectivity index (χ2v) is 7.03. The minimum Gasteiger partial charge on any atom is -0.502 e. The maximum atomic E-state index is 11.3. The van der Waals surface area contributed by atoms with E-state index >= 15 is 0 Å². The monoisotopic (exact) mass is 404 g/mol. The number of aromatic hydroxyl groups is 1. The first-order chi connectivity index (χ1) is 14.1. The summed E-state index contributed by atoms with van der Waals surface area (Å²) in [5.74, 6) is -0.165. The normalized spacial score (nSPS) is 13.2. The Kier molecular flexibility index (Phi) is 14.4. The van der Waals surface area contributed by atoms with E-state index in [9.17, 15) is 9.90 Å². The number of hydrogen-bond donors (Lipinski definition) is 2. The van der Waals surface area contributed by atoms with Gasteiger partial charge in [0, 0.05) is 6.07 Å². The lowest BCUT2D eigenvalue weighted by Gasteiger charge is -2.10. The Balaban J connectivity index is 1.99. The van der Waals surface area contributed by atoms with Gasteiger partial charge in [0.1, 0.15) is 18.6 Å². The van der Waals surface area contributed by atoms with Crippen molar-refractivity contribution < 1.29 is 19.4 Å². The third kappa shape index (κ3) is 13.7. The van der Waals surface area contributed by atoms with Gasteiger partial charge in [-0.15, -0.1) is 0 Å². The van der Waals surface area contributed by atoms with E-state index in [0.717, 1.165) is 44.4 Å². The minimum absolute atomic E-state index is 0.00312. The molecule has 5 heteroatoms. The minimum atomic E-state index is -0.893. The van der Waals surface area contributed by atoms with Gasteiger partial charge >= 0.3 is 0 Å². The zero-order chi connectivity index (χ0) is 21.2. The molecule has 0 bridgehead atoms. The van der Waals surface area contributed by atoms with Crippen LogP contribution in [-0.4, -0.2) is 16.5 Å². The van der Waals surface area contributed by atoms with Crippen LogP contribution in [0.1, 0.15) is 76.9 Å². The van der Waals surface area contributed by atoms with Crippen LogP contribution in [0.4, 0.5) is 0 Å². The summed E-state index contributed by atoms with van der Waals surface area (Å²) in [6.07, 6.45) is 23.7. The van der Waals surface area contributed by atoms with E-state index in [0.29, 0.717) is 6.42 Å². The summed E-state index contributed by atoms with van der Waals surface area (Å²) < 4.78 is 10.3. The average Bonchev–Trinajstić information content (AvgIpc) is 2.71. The predicted molar refractivity (Wildman–Crippen MR) is 117 cm³/mol. The van der Waals surface area contributed by atoms with Crippen molar-refractivity contribution >= 4 is 0 Å². The number of aliphatic hydroxyl groups is 1. The van der Waals surface area contributed by atoms with Crippen molar-refractivity contribution in [1.82, 2.24) is 0 Å². The van der Waals surface area contributed by atoms with Gasteiger partial charge < -0.3 is 19.4 Å².